The zero-order valence-electron chi connectivity index (χ0n) is 9.45. The van der Waals surface area contributed by atoms with Gasteiger partial charge in [-0.2, -0.15) is 0 Å². The Morgan fingerprint density at radius 1 is 1.67 bits per heavy atom. The number of hydrogen-bond acceptors (Lipinski definition) is 2. The van der Waals surface area contributed by atoms with Crippen LogP contribution in [0.2, 0.25) is 0 Å². The molecule has 1 aromatic heterocycles. The average Bonchev–Trinajstić information content (AvgIpc) is 2.77. The number of carbonyl (C=O) groups excluding carboxylic acids is 1. The van der Waals surface area contributed by atoms with Crippen LogP contribution in [-0.4, -0.2) is 34.5 Å². The van der Waals surface area contributed by atoms with Gasteiger partial charge in [0, 0.05) is 26.0 Å². The number of amides is 2. The van der Waals surface area contributed by atoms with E-state index >= 15 is 0 Å². The van der Waals surface area contributed by atoms with E-state index in [9.17, 15) is 4.79 Å². The Morgan fingerprint density at radius 2 is 2.40 bits per heavy atom. The zero-order valence-corrected chi connectivity index (χ0v) is 9.45. The summed E-state index contributed by atoms with van der Waals surface area (Å²) in [5, 5.41) is 2.91. The van der Waals surface area contributed by atoms with Crippen LogP contribution in [-0.2, 0) is 0 Å². The standard InChI is InChI=1S/C10H18N4O/c1-4-8(9-11-6-7-12-9)13-10(15)14(3)5-2/h6-8H,4-5H2,1-3H3,(H,11,12)(H,13,15). The summed E-state index contributed by atoms with van der Waals surface area (Å²) in [5.41, 5.74) is 0. The molecule has 0 aromatic carbocycles. The molecule has 1 atom stereocenters. The molecule has 1 aromatic rings. The van der Waals surface area contributed by atoms with Crippen molar-refractivity contribution in [3.63, 3.8) is 0 Å². The lowest BCUT2D eigenvalue weighted by Gasteiger charge is -2.20. The summed E-state index contributed by atoms with van der Waals surface area (Å²) < 4.78 is 0. The normalized spacial score (nSPS) is 12.2. The second-order valence-electron chi connectivity index (χ2n) is 3.40. The molecule has 5 heteroatoms. The van der Waals surface area contributed by atoms with Gasteiger partial charge in [0.1, 0.15) is 5.82 Å². The Hall–Kier alpha value is -1.52. The maximum absolute atomic E-state index is 11.6. The maximum Gasteiger partial charge on any atom is 0.317 e. The van der Waals surface area contributed by atoms with Crippen LogP contribution in [0.4, 0.5) is 4.79 Å². The lowest BCUT2D eigenvalue weighted by molar-refractivity contribution is 0.206. The van der Waals surface area contributed by atoms with Crippen molar-refractivity contribution in [3.05, 3.63) is 18.2 Å². The number of aromatic amines is 1. The summed E-state index contributed by atoms with van der Waals surface area (Å²) >= 11 is 0. The molecule has 0 aliphatic rings. The Kier molecular flexibility index (Phi) is 4.15. The average molecular weight is 210 g/mol. The molecule has 2 amide bonds. The number of carbonyl (C=O) groups is 1. The SMILES string of the molecule is CCC(NC(=O)N(C)CC)c1ncc[nH]1. The zero-order chi connectivity index (χ0) is 11.3. The van der Waals surface area contributed by atoms with Crippen LogP contribution in [0.5, 0.6) is 0 Å². The molecule has 84 valence electrons. The van der Waals surface area contributed by atoms with Gasteiger partial charge in [-0.05, 0) is 13.3 Å². The highest BCUT2D eigenvalue weighted by Gasteiger charge is 2.16. The fourth-order valence-corrected chi connectivity index (χ4v) is 1.23. The molecule has 2 N–H and O–H groups in total. The molecule has 0 aliphatic carbocycles. The molecular formula is C10H18N4O. The fraction of sp³-hybridized carbons (Fsp3) is 0.600. The van der Waals surface area contributed by atoms with Crippen LogP contribution < -0.4 is 5.32 Å². The van der Waals surface area contributed by atoms with Crippen LogP contribution in [0.15, 0.2) is 12.4 Å². The van der Waals surface area contributed by atoms with E-state index in [2.05, 4.69) is 15.3 Å². The number of nitrogens with zero attached hydrogens (tertiary/aromatic N) is 2. The smallest absolute Gasteiger partial charge is 0.317 e. The van der Waals surface area contributed by atoms with E-state index in [1.54, 1.807) is 24.3 Å². The van der Waals surface area contributed by atoms with E-state index in [1.165, 1.54) is 0 Å². The minimum absolute atomic E-state index is 0.0403. The Labute approximate surface area is 89.9 Å². The van der Waals surface area contributed by atoms with E-state index in [0.29, 0.717) is 6.54 Å². The molecular weight excluding hydrogens is 192 g/mol. The highest BCUT2D eigenvalue weighted by Crippen LogP contribution is 2.11. The Bertz CT molecular complexity index is 296. The Morgan fingerprint density at radius 3 is 2.87 bits per heavy atom. The number of nitrogens with one attached hydrogen (secondary N) is 2. The highest BCUT2D eigenvalue weighted by molar-refractivity contribution is 5.74. The molecule has 1 rings (SSSR count). The number of imidazole rings is 1. The summed E-state index contributed by atoms with van der Waals surface area (Å²) in [7, 11) is 1.77. The van der Waals surface area contributed by atoms with E-state index in [0.717, 1.165) is 12.2 Å². The van der Waals surface area contributed by atoms with Crippen molar-refractivity contribution in [1.29, 1.82) is 0 Å². The van der Waals surface area contributed by atoms with E-state index in [-0.39, 0.29) is 12.1 Å². The predicted octanol–water partition coefficient (Wildman–Crippen LogP) is 1.52. The first kappa shape index (κ1) is 11.6. The van der Waals surface area contributed by atoms with Gasteiger partial charge in [0.15, 0.2) is 0 Å². The first-order valence-corrected chi connectivity index (χ1v) is 5.19. The minimum atomic E-state index is -0.0687. The predicted molar refractivity (Wildman–Crippen MR) is 58.5 cm³/mol. The minimum Gasteiger partial charge on any atom is -0.347 e. The number of rotatable bonds is 4. The second-order valence-corrected chi connectivity index (χ2v) is 3.40. The summed E-state index contributed by atoms with van der Waals surface area (Å²) in [6, 6.07) is -0.109. The van der Waals surface area contributed by atoms with Crippen LogP contribution in [0.3, 0.4) is 0 Å². The molecule has 5 nitrogen and oxygen atoms in total. The molecule has 0 spiro atoms. The van der Waals surface area contributed by atoms with Crippen molar-refractivity contribution in [2.45, 2.75) is 26.3 Å². The van der Waals surface area contributed by atoms with Crippen LogP contribution in [0, 0.1) is 0 Å². The molecule has 0 saturated carbocycles. The van der Waals surface area contributed by atoms with Gasteiger partial charge in [0.25, 0.3) is 0 Å². The third-order valence-corrected chi connectivity index (χ3v) is 2.38. The molecule has 0 aliphatic heterocycles. The van der Waals surface area contributed by atoms with Gasteiger partial charge in [0.05, 0.1) is 6.04 Å². The summed E-state index contributed by atoms with van der Waals surface area (Å²) in [6.45, 7) is 4.65. The van der Waals surface area contributed by atoms with E-state index in [4.69, 9.17) is 0 Å². The van der Waals surface area contributed by atoms with Crippen molar-refractivity contribution in [2.24, 2.45) is 0 Å². The van der Waals surface area contributed by atoms with Gasteiger partial charge >= 0.3 is 6.03 Å². The van der Waals surface area contributed by atoms with Gasteiger partial charge in [-0.3, -0.25) is 0 Å². The monoisotopic (exact) mass is 210 g/mol. The van der Waals surface area contributed by atoms with Gasteiger partial charge in [0.2, 0.25) is 0 Å². The van der Waals surface area contributed by atoms with Crippen molar-refractivity contribution in [1.82, 2.24) is 20.2 Å². The van der Waals surface area contributed by atoms with Crippen molar-refractivity contribution >= 4 is 6.03 Å². The van der Waals surface area contributed by atoms with Crippen LogP contribution >= 0.6 is 0 Å². The van der Waals surface area contributed by atoms with Crippen molar-refractivity contribution in [3.8, 4) is 0 Å². The summed E-state index contributed by atoms with van der Waals surface area (Å²) in [4.78, 5) is 20.4. The Balaban J connectivity index is 2.58. The number of urea groups is 1. The summed E-state index contributed by atoms with van der Waals surface area (Å²) in [5.74, 6) is 0.801. The number of hydrogen-bond donors (Lipinski definition) is 2. The lowest BCUT2D eigenvalue weighted by Crippen LogP contribution is -2.39. The highest BCUT2D eigenvalue weighted by atomic mass is 16.2. The van der Waals surface area contributed by atoms with E-state index in [1.807, 2.05) is 13.8 Å². The molecule has 0 bridgehead atoms. The quantitative estimate of drug-likeness (QED) is 0.791. The lowest BCUT2D eigenvalue weighted by atomic mass is 10.2. The van der Waals surface area contributed by atoms with Crippen LogP contribution in [0.1, 0.15) is 32.1 Å². The third kappa shape index (κ3) is 2.97. The molecule has 1 heterocycles. The molecule has 0 fully saturated rings. The fourth-order valence-electron chi connectivity index (χ4n) is 1.23. The van der Waals surface area contributed by atoms with Gasteiger partial charge < -0.3 is 15.2 Å². The van der Waals surface area contributed by atoms with E-state index < -0.39 is 0 Å². The third-order valence-electron chi connectivity index (χ3n) is 2.38. The topological polar surface area (TPSA) is 61.0 Å². The molecule has 15 heavy (non-hydrogen) atoms. The van der Waals surface area contributed by atoms with Crippen LogP contribution in [0.25, 0.3) is 0 Å². The molecule has 0 saturated heterocycles. The number of aromatic nitrogens is 2. The first-order valence-electron chi connectivity index (χ1n) is 5.19. The maximum atomic E-state index is 11.6. The number of H-pyrrole nitrogens is 1. The van der Waals surface area contributed by atoms with Crippen molar-refractivity contribution < 1.29 is 4.79 Å². The first-order chi connectivity index (χ1) is 7.19. The molecule has 0 radical (unpaired) electrons. The molecule has 1 unspecified atom stereocenters. The van der Waals surface area contributed by atoms with Gasteiger partial charge in [-0.1, -0.05) is 6.92 Å². The summed E-state index contributed by atoms with van der Waals surface area (Å²) in [6.07, 6.45) is 4.26. The largest absolute Gasteiger partial charge is 0.347 e. The van der Waals surface area contributed by atoms with Gasteiger partial charge in [-0.25, -0.2) is 9.78 Å². The van der Waals surface area contributed by atoms with Crippen molar-refractivity contribution in [2.75, 3.05) is 13.6 Å². The second kappa shape index (κ2) is 5.38. The van der Waals surface area contributed by atoms with Gasteiger partial charge in [-0.15, -0.1) is 0 Å².